The third-order valence-corrected chi connectivity index (χ3v) is 8.89. The van der Waals surface area contributed by atoms with Crippen molar-refractivity contribution in [2.24, 2.45) is 5.28 Å². The maximum absolute atomic E-state index is 13.5. The fourth-order valence-electron chi connectivity index (χ4n) is 4.91. The van der Waals surface area contributed by atoms with Crippen LogP contribution in [-0.2, 0) is 25.8 Å². The second-order valence-corrected chi connectivity index (χ2v) is 12.9. The standard InChI is InChI=1S/C32H30F3N7O8S/c1-20-9-11-22(12-10-20)27-19-28(32(33,34)35)36-41(27)23-13-15-24(16-14-23)51(47,48)37-31(45)49-18-6-17-39(3)42(46)38-50-21(2)40-29(43)25-7-4-5-8-26(25)30(40)44/h4-5,7-16,19,21H,6,17-18H2,1-3H3,(H,37,45). The molecule has 1 aliphatic rings. The van der Waals surface area contributed by atoms with E-state index in [1.807, 2.05) is 6.92 Å². The maximum atomic E-state index is 13.5. The highest BCUT2D eigenvalue weighted by molar-refractivity contribution is 7.90. The molecule has 1 atom stereocenters. The number of nitrogens with one attached hydrogen (secondary N) is 1. The molecule has 0 bridgehead atoms. The van der Waals surface area contributed by atoms with E-state index < -0.39 is 46.0 Å². The normalized spacial score (nSPS) is 13.9. The van der Waals surface area contributed by atoms with Gasteiger partial charge < -0.3 is 14.8 Å². The number of alkyl halides is 3. The van der Waals surface area contributed by atoms with Crippen LogP contribution in [0.1, 0.15) is 45.3 Å². The molecule has 1 aliphatic heterocycles. The Bertz CT molecular complexity index is 2050. The number of rotatable bonds is 12. The number of carbonyl (C=O) groups is 3. The summed E-state index contributed by atoms with van der Waals surface area (Å²) < 4.78 is 73.8. The number of carbonyl (C=O) groups excluding carboxylic acids is 3. The Morgan fingerprint density at radius 1 is 1.04 bits per heavy atom. The minimum absolute atomic E-state index is 0.0344. The summed E-state index contributed by atoms with van der Waals surface area (Å²) >= 11 is 0. The first kappa shape index (κ1) is 36.3. The van der Waals surface area contributed by atoms with Gasteiger partial charge in [0.1, 0.15) is 0 Å². The van der Waals surface area contributed by atoms with Crippen LogP contribution in [0.2, 0.25) is 0 Å². The van der Waals surface area contributed by atoms with Crippen LogP contribution in [0.5, 0.6) is 0 Å². The third-order valence-electron chi connectivity index (χ3n) is 7.57. The molecule has 5 rings (SSSR count). The summed E-state index contributed by atoms with van der Waals surface area (Å²) in [6.07, 6.45) is -7.19. The molecule has 3 amide bonds. The van der Waals surface area contributed by atoms with Crippen molar-refractivity contribution < 1.29 is 50.5 Å². The molecule has 0 saturated heterocycles. The van der Waals surface area contributed by atoms with Gasteiger partial charge in [-0.3, -0.25) is 9.59 Å². The Kier molecular flexibility index (Phi) is 10.3. The van der Waals surface area contributed by atoms with Crippen LogP contribution < -0.4 is 4.72 Å². The minimum atomic E-state index is -4.72. The Morgan fingerprint density at radius 2 is 1.65 bits per heavy atom. The second kappa shape index (κ2) is 14.5. The Balaban J connectivity index is 1.12. The summed E-state index contributed by atoms with van der Waals surface area (Å²) in [5, 5.41) is 20.4. The topological polar surface area (TPSA) is 179 Å². The van der Waals surface area contributed by atoms with Gasteiger partial charge in [0.2, 0.25) is 11.5 Å². The molecule has 0 spiro atoms. The number of ether oxygens (including phenoxy) is 1. The summed E-state index contributed by atoms with van der Waals surface area (Å²) in [6, 6.07) is 18.5. The quantitative estimate of drug-likeness (QED) is 0.0682. The van der Waals surface area contributed by atoms with Gasteiger partial charge in [-0.2, -0.15) is 18.3 Å². The number of hydrazine groups is 1. The summed E-state index contributed by atoms with van der Waals surface area (Å²) in [5.41, 5.74) is 0.883. The zero-order valence-electron chi connectivity index (χ0n) is 27.2. The predicted octanol–water partition coefficient (Wildman–Crippen LogP) is 5.05. The van der Waals surface area contributed by atoms with Crippen LogP contribution in [0.25, 0.3) is 16.9 Å². The van der Waals surface area contributed by atoms with Gasteiger partial charge in [0.05, 0.1) is 52.6 Å². The van der Waals surface area contributed by atoms with Crippen LogP contribution in [0.15, 0.2) is 89.0 Å². The van der Waals surface area contributed by atoms with Crippen molar-refractivity contribution >= 4 is 27.9 Å². The molecular weight excluding hydrogens is 699 g/mol. The van der Waals surface area contributed by atoms with E-state index in [4.69, 9.17) is 9.57 Å². The van der Waals surface area contributed by atoms with Gasteiger partial charge in [0, 0.05) is 12.0 Å². The summed E-state index contributed by atoms with van der Waals surface area (Å²) in [5.74, 6) is -1.19. The lowest BCUT2D eigenvalue weighted by Crippen LogP contribution is -2.39. The van der Waals surface area contributed by atoms with E-state index in [1.54, 1.807) is 41.1 Å². The predicted molar refractivity (Wildman–Crippen MR) is 171 cm³/mol. The number of hydrogen-bond acceptors (Lipinski definition) is 10. The van der Waals surface area contributed by atoms with E-state index >= 15 is 0 Å². The number of hydrogen-bond donors (Lipinski definition) is 1. The van der Waals surface area contributed by atoms with Crippen LogP contribution in [-0.4, -0.2) is 77.4 Å². The molecule has 19 heteroatoms. The average Bonchev–Trinajstić information content (AvgIpc) is 3.65. The highest BCUT2D eigenvalue weighted by atomic mass is 32.2. The summed E-state index contributed by atoms with van der Waals surface area (Å²) in [7, 11) is -3.11. The van der Waals surface area contributed by atoms with Crippen LogP contribution in [0.3, 0.4) is 0 Å². The fraction of sp³-hybridized carbons (Fsp3) is 0.250. The highest BCUT2D eigenvalue weighted by Crippen LogP contribution is 2.33. The van der Waals surface area contributed by atoms with Crippen LogP contribution in [0, 0.1) is 12.1 Å². The van der Waals surface area contributed by atoms with Gasteiger partial charge >= 0.3 is 12.3 Å². The molecule has 0 aliphatic carbocycles. The lowest BCUT2D eigenvalue weighted by molar-refractivity contribution is -0.707. The molecule has 15 nitrogen and oxygen atoms in total. The monoisotopic (exact) mass is 729 g/mol. The molecule has 1 N–H and O–H groups in total. The molecule has 51 heavy (non-hydrogen) atoms. The largest absolute Gasteiger partial charge is 0.569 e. The molecule has 0 radical (unpaired) electrons. The van der Waals surface area contributed by atoms with E-state index in [0.717, 1.165) is 38.4 Å². The van der Waals surface area contributed by atoms with Gasteiger partial charge in [-0.15, -0.1) is 5.01 Å². The van der Waals surface area contributed by atoms with Crippen molar-refractivity contribution in [3.63, 3.8) is 0 Å². The maximum Gasteiger partial charge on any atom is 0.435 e. The first-order valence-electron chi connectivity index (χ1n) is 15.1. The number of benzene rings is 3. The molecule has 2 heterocycles. The number of aromatic nitrogens is 2. The summed E-state index contributed by atoms with van der Waals surface area (Å²) in [6.45, 7) is 2.85. The van der Waals surface area contributed by atoms with Crippen molar-refractivity contribution in [2.75, 3.05) is 20.2 Å². The molecule has 3 aromatic carbocycles. The molecule has 0 fully saturated rings. The van der Waals surface area contributed by atoms with Gasteiger partial charge in [-0.1, -0.05) is 42.0 Å². The van der Waals surface area contributed by atoms with Crippen molar-refractivity contribution in [3.8, 4) is 16.9 Å². The van der Waals surface area contributed by atoms with E-state index in [9.17, 15) is 41.2 Å². The van der Waals surface area contributed by atoms with E-state index in [-0.39, 0.29) is 51.9 Å². The molecule has 1 unspecified atom stereocenters. The average molecular weight is 730 g/mol. The van der Waals surface area contributed by atoms with Crippen LogP contribution >= 0.6 is 0 Å². The smallest absolute Gasteiger partial charge is 0.435 e. The lowest BCUT2D eigenvalue weighted by atomic mass is 10.1. The number of imide groups is 1. The van der Waals surface area contributed by atoms with Crippen molar-refractivity contribution in [1.82, 2.24) is 24.4 Å². The number of halogens is 3. The highest BCUT2D eigenvalue weighted by Gasteiger charge is 2.40. The van der Waals surface area contributed by atoms with Gasteiger partial charge in [0.25, 0.3) is 21.8 Å². The first-order chi connectivity index (χ1) is 24.1. The number of sulfonamides is 1. The Labute approximate surface area is 289 Å². The Hall–Kier alpha value is -5.98. The van der Waals surface area contributed by atoms with Crippen LogP contribution in [0.4, 0.5) is 18.0 Å². The number of amides is 3. The van der Waals surface area contributed by atoms with Gasteiger partial charge in [-0.05, 0) is 56.3 Å². The van der Waals surface area contributed by atoms with Gasteiger partial charge in [0.15, 0.2) is 5.69 Å². The van der Waals surface area contributed by atoms with E-state index in [1.165, 1.54) is 38.2 Å². The van der Waals surface area contributed by atoms with E-state index in [0.29, 0.717) is 5.56 Å². The SMILES string of the molecule is Cc1ccc(-c2cc(C(F)(F)F)nn2-c2ccc(S(=O)(=O)NC(=O)OCCCN(C)[N+]([O-])=NOC(C)N3C(=O)c4ccccc4C3=O)cc2)cc1. The van der Waals surface area contributed by atoms with Crippen molar-refractivity contribution in [1.29, 1.82) is 0 Å². The Morgan fingerprint density at radius 3 is 2.24 bits per heavy atom. The zero-order valence-corrected chi connectivity index (χ0v) is 28.0. The zero-order chi connectivity index (χ0) is 37.1. The lowest BCUT2D eigenvalue weighted by Gasteiger charge is -2.19. The first-order valence-corrected chi connectivity index (χ1v) is 16.6. The van der Waals surface area contributed by atoms with Crippen molar-refractivity contribution in [2.45, 2.75) is 37.6 Å². The number of fused-ring (bicyclic) bond motifs is 1. The second-order valence-electron chi connectivity index (χ2n) is 11.2. The number of nitrogens with zero attached hydrogens (tertiary/aromatic N) is 6. The van der Waals surface area contributed by atoms with Crippen molar-refractivity contribution in [3.05, 3.63) is 106 Å². The molecule has 1 aromatic heterocycles. The molecule has 0 saturated carbocycles. The molecule has 268 valence electrons. The molecular formula is C32H30F3N7O8S. The summed E-state index contributed by atoms with van der Waals surface area (Å²) in [4.78, 5) is 42.9. The minimum Gasteiger partial charge on any atom is -0.569 e. The molecule has 4 aromatic rings. The fourth-order valence-corrected chi connectivity index (χ4v) is 5.80. The van der Waals surface area contributed by atoms with E-state index in [2.05, 4.69) is 10.4 Å². The van der Waals surface area contributed by atoms with Gasteiger partial charge in [-0.25, -0.2) is 27.5 Å². The number of aryl methyl sites for hydroxylation is 1. The third kappa shape index (κ3) is 8.09.